The van der Waals surface area contributed by atoms with E-state index in [4.69, 9.17) is 0 Å². The third-order valence-corrected chi connectivity index (χ3v) is 2.62. The summed E-state index contributed by atoms with van der Waals surface area (Å²) < 4.78 is 2.91. The van der Waals surface area contributed by atoms with Crippen LogP contribution in [0.2, 0.25) is 0 Å². The number of fused-ring (bicyclic) bond motifs is 1. The third-order valence-electron chi connectivity index (χ3n) is 1.66. The van der Waals surface area contributed by atoms with E-state index in [1.165, 1.54) is 5.56 Å². The number of hydrogen-bond donors (Lipinski definition) is 0. The van der Waals surface area contributed by atoms with Crippen molar-refractivity contribution in [3.05, 3.63) is 34.6 Å². The van der Waals surface area contributed by atoms with Gasteiger partial charge in [0.25, 0.3) is 0 Å². The van der Waals surface area contributed by atoms with Crippen LogP contribution in [0.3, 0.4) is 0 Å². The summed E-state index contributed by atoms with van der Waals surface area (Å²) in [5.74, 6) is 0. The van der Waals surface area contributed by atoms with E-state index in [9.17, 15) is 0 Å². The molecular weight excluding hydrogens is 204 g/mol. The number of rotatable bonds is 0. The molecule has 0 radical (unpaired) electrons. The van der Waals surface area contributed by atoms with Crippen molar-refractivity contribution in [1.29, 1.82) is 0 Å². The molecule has 0 spiro atoms. The molecule has 3 heteroatoms. The van der Waals surface area contributed by atoms with Gasteiger partial charge in [-0.1, -0.05) is 0 Å². The third kappa shape index (κ3) is 0.959. The summed E-state index contributed by atoms with van der Waals surface area (Å²) in [7, 11) is 0. The molecule has 0 fully saturated rings. The van der Waals surface area contributed by atoms with E-state index in [-0.39, 0.29) is 0 Å². The second-order valence-corrected chi connectivity index (χ2v) is 3.23. The van der Waals surface area contributed by atoms with Crippen molar-refractivity contribution in [2.24, 2.45) is 0 Å². The molecule has 56 valence electrons. The smallest absolute Gasteiger partial charge is 0.111 e. The SMILES string of the molecule is Cc1cc2cccnn2c1Br. The molecule has 0 amide bonds. The predicted molar refractivity (Wildman–Crippen MR) is 47.6 cm³/mol. The average Bonchev–Trinajstić information content (AvgIpc) is 2.30. The van der Waals surface area contributed by atoms with Crippen LogP contribution in [0.15, 0.2) is 29.0 Å². The minimum atomic E-state index is 1.04. The zero-order valence-corrected chi connectivity index (χ0v) is 7.67. The lowest BCUT2D eigenvalue weighted by Crippen LogP contribution is -1.88. The molecule has 0 aromatic carbocycles. The molecule has 0 saturated carbocycles. The zero-order valence-electron chi connectivity index (χ0n) is 6.08. The van der Waals surface area contributed by atoms with Crippen LogP contribution in [-0.4, -0.2) is 9.61 Å². The Labute approximate surface area is 73.0 Å². The molecule has 2 nitrogen and oxygen atoms in total. The summed E-state index contributed by atoms with van der Waals surface area (Å²) in [4.78, 5) is 0. The molecule has 0 N–H and O–H groups in total. The van der Waals surface area contributed by atoms with Crippen LogP contribution >= 0.6 is 15.9 Å². The number of aromatic nitrogens is 2. The van der Waals surface area contributed by atoms with Crippen molar-refractivity contribution >= 4 is 21.4 Å². The van der Waals surface area contributed by atoms with Crippen LogP contribution in [0.1, 0.15) is 5.56 Å². The van der Waals surface area contributed by atoms with Crippen molar-refractivity contribution in [3.8, 4) is 0 Å². The molecule has 2 aromatic rings. The van der Waals surface area contributed by atoms with Crippen LogP contribution in [0.5, 0.6) is 0 Å². The standard InChI is InChI=1S/C8H7BrN2/c1-6-5-7-3-2-4-10-11(7)8(6)9/h2-5H,1H3. The molecule has 0 saturated heterocycles. The Hall–Kier alpha value is -0.830. The molecule has 2 aromatic heterocycles. The minimum Gasteiger partial charge on any atom is -0.226 e. The van der Waals surface area contributed by atoms with Crippen LogP contribution in [0.4, 0.5) is 0 Å². The first kappa shape index (κ1) is 6.85. The molecule has 0 bridgehead atoms. The van der Waals surface area contributed by atoms with E-state index < -0.39 is 0 Å². The molecule has 0 aliphatic rings. The van der Waals surface area contributed by atoms with Gasteiger partial charge >= 0.3 is 0 Å². The molecule has 0 atom stereocenters. The normalized spacial score (nSPS) is 10.7. The maximum absolute atomic E-state index is 4.17. The fourth-order valence-electron chi connectivity index (χ4n) is 1.11. The molecule has 2 rings (SSSR count). The Balaban J connectivity index is 2.92. The predicted octanol–water partition coefficient (Wildman–Crippen LogP) is 2.41. The first-order valence-corrected chi connectivity index (χ1v) is 4.17. The Morgan fingerprint density at radius 1 is 1.55 bits per heavy atom. The molecule has 11 heavy (non-hydrogen) atoms. The Morgan fingerprint density at radius 2 is 2.36 bits per heavy atom. The summed E-state index contributed by atoms with van der Waals surface area (Å²) >= 11 is 3.45. The lowest BCUT2D eigenvalue weighted by Gasteiger charge is -1.92. The fraction of sp³-hybridized carbons (Fsp3) is 0.125. The second kappa shape index (κ2) is 2.34. The Bertz CT molecular complexity index is 392. The summed E-state index contributed by atoms with van der Waals surface area (Å²) in [6, 6.07) is 6.06. The zero-order chi connectivity index (χ0) is 7.84. The van der Waals surface area contributed by atoms with Crippen LogP contribution in [0, 0.1) is 6.92 Å². The van der Waals surface area contributed by atoms with E-state index >= 15 is 0 Å². The van der Waals surface area contributed by atoms with Crippen molar-refractivity contribution in [2.45, 2.75) is 6.92 Å². The van der Waals surface area contributed by atoms with Crippen molar-refractivity contribution in [3.63, 3.8) is 0 Å². The lowest BCUT2D eigenvalue weighted by molar-refractivity contribution is 0.915. The van der Waals surface area contributed by atoms with E-state index in [1.54, 1.807) is 6.20 Å². The van der Waals surface area contributed by atoms with Crippen LogP contribution in [0.25, 0.3) is 5.52 Å². The number of aryl methyl sites for hydroxylation is 1. The molecule has 0 aliphatic heterocycles. The quantitative estimate of drug-likeness (QED) is 0.653. The molecular formula is C8H7BrN2. The van der Waals surface area contributed by atoms with Crippen molar-refractivity contribution in [1.82, 2.24) is 9.61 Å². The van der Waals surface area contributed by atoms with Gasteiger partial charge in [-0.25, -0.2) is 4.52 Å². The minimum absolute atomic E-state index is 1.04. The van der Waals surface area contributed by atoms with E-state index in [0.717, 1.165) is 10.1 Å². The monoisotopic (exact) mass is 210 g/mol. The summed E-state index contributed by atoms with van der Waals surface area (Å²) in [6.07, 6.45) is 1.78. The van der Waals surface area contributed by atoms with Gasteiger partial charge in [-0.05, 0) is 46.6 Å². The summed E-state index contributed by atoms with van der Waals surface area (Å²) in [6.45, 7) is 2.05. The van der Waals surface area contributed by atoms with Gasteiger partial charge in [0, 0.05) is 6.20 Å². The van der Waals surface area contributed by atoms with Gasteiger partial charge in [-0.15, -0.1) is 0 Å². The van der Waals surface area contributed by atoms with Gasteiger partial charge < -0.3 is 0 Å². The number of nitrogens with zero attached hydrogens (tertiary/aromatic N) is 2. The van der Waals surface area contributed by atoms with Gasteiger partial charge in [0.2, 0.25) is 0 Å². The first-order chi connectivity index (χ1) is 5.29. The Kier molecular flexibility index (Phi) is 1.46. The van der Waals surface area contributed by atoms with E-state index in [2.05, 4.69) is 34.0 Å². The van der Waals surface area contributed by atoms with E-state index in [0.29, 0.717) is 0 Å². The molecule has 0 aliphatic carbocycles. The van der Waals surface area contributed by atoms with E-state index in [1.807, 2.05) is 16.6 Å². The van der Waals surface area contributed by atoms with Crippen LogP contribution in [-0.2, 0) is 0 Å². The summed E-state index contributed by atoms with van der Waals surface area (Å²) in [5.41, 5.74) is 2.33. The highest BCUT2D eigenvalue weighted by atomic mass is 79.9. The summed E-state index contributed by atoms with van der Waals surface area (Å²) in [5, 5.41) is 4.17. The van der Waals surface area contributed by atoms with Crippen molar-refractivity contribution < 1.29 is 0 Å². The van der Waals surface area contributed by atoms with Gasteiger partial charge in [-0.3, -0.25) is 0 Å². The highest BCUT2D eigenvalue weighted by Gasteiger charge is 2.01. The lowest BCUT2D eigenvalue weighted by atomic mass is 10.4. The molecule has 0 unspecified atom stereocenters. The Morgan fingerprint density at radius 3 is 3.09 bits per heavy atom. The van der Waals surface area contributed by atoms with Gasteiger partial charge in [0.15, 0.2) is 0 Å². The number of halogens is 1. The largest absolute Gasteiger partial charge is 0.226 e. The maximum atomic E-state index is 4.17. The van der Waals surface area contributed by atoms with Crippen molar-refractivity contribution in [2.75, 3.05) is 0 Å². The first-order valence-electron chi connectivity index (χ1n) is 3.38. The average molecular weight is 211 g/mol. The fourth-order valence-corrected chi connectivity index (χ4v) is 1.52. The molecule has 2 heterocycles. The number of hydrogen-bond acceptors (Lipinski definition) is 1. The van der Waals surface area contributed by atoms with Gasteiger partial charge in [-0.2, -0.15) is 5.10 Å². The van der Waals surface area contributed by atoms with Gasteiger partial charge in [0.05, 0.1) is 5.52 Å². The van der Waals surface area contributed by atoms with Gasteiger partial charge in [0.1, 0.15) is 4.60 Å². The second-order valence-electron chi connectivity index (χ2n) is 2.48. The highest BCUT2D eigenvalue weighted by Crippen LogP contribution is 2.19. The van der Waals surface area contributed by atoms with Crippen LogP contribution < -0.4 is 0 Å². The maximum Gasteiger partial charge on any atom is 0.111 e. The topological polar surface area (TPSA) is 17.3 Å². The highest BCUT2D eigenvalue weighted by molar-refractivity contribution is 9.10.